The van der Waals surface area contributed by atoms with Gasteiger partial charge >= 0.3 is 0 Å². The molecular formula is C15H14ClFN2O. The van der Waals surface area contributed by atoms with Crippen LogP contribution in [-0.4, -0.2) is 5.91 Å². The topological polar surface area (TPSA) is 55.1 Å². The Labute approximate surface area is 121 Å². The van der Waals surface area contributed by atoms with E-state index in [0.29, 0.717) is 5.69 Å². The summed E-state index contributed by atoms with van der Waals surface area (Å²) in [6.07, 6.45) is 0. The van der Waals surface area contributed by atoms with E-state index in [-0.39, 0.29) is 22.5 Å². The molecule has 0 aliphatic rings. The standard InChI is InChI=1S/C15H14ClFN2O/c1-9(10-2-5-12(18)6-3-10)19-15(20)11-4-7-13(16)14(17)8-11/h2-9H,18H2,1H3,(H,19,20). The number of anilines is 1. The van der Waals surface area contributed by atoms with Crippen molar-refractivity contribution in [3.8, 4) is 0 Å². The number of carbonyl (C=O) groups excluding carboxylic acids is 1. The lowest BCUT2D eigenvalue weighted by molar-refractivity contribution is 0.0939. The van der Waals surface area contributed by atoms with E-state index in [0.717, 1.165) is 11.6 Å². The fourth-order valence-electron chi connectivity index (χ4n) is 1.79. The van der Waals surface area contributed by atoms with Crippen molar-refractivity contribution in [2.45, 2.75) is 13.0 Å². The third kappa shape index (κ3) is 3.27. The molecule has 0 aromatic heterocycles. The number of hydrogen-bond acceptors (Lipinski definition) is 2. The molecule has 0 aliphatic carbocycles. The number of nitrogens with one attached hydrogen (secondary N) is 1. The summed E-state index contributed by atoms with van der Waals surface area (Å²) in [7, 11) is 0. The minimum atomic E-state index is -0.612. The zero-order chi connectivity index (χ0) is 14.7. The Kier molecular flexibility index (Phi) is 4.25. The number of nitrogens with two attached hydrogens (primary N) is 1. The molecule has 0 radical (unpaired) electrons. The van der Waals surface area contributed by atoms with Crippen LogP contribution in [0.15, 0.2) is 42.5 Å². The predicted molar refractivity (Wildman–Crippen MR) is 78.1 cm³/mol. The lowest BCUT2D eigenvalue weighted by Crippen LogP contribution is -2.26. The first-order chi connectivity index (χ1) is 9.47. The third-order valence-corrected chi connectivity index (χ3v) is 3.27. The molecule has 0 heterocycles. The van der Waals surface area contributed by atoms with Gasteiger partial charge in [-0.3, -0.25) is 4.79 Å². The molecule has 104 valence electrons. The van der Waals surface area contributed by atoms with Crippen LogP contribution in [0, 0.1) is 5.82 Å². The molecule has 2 aromatic carbocycles. The summed E-state index contributed by atoms with van der Waals surface area (Å²) in [4.78, 5) is 12.0. The summed E-state index contributed by atoms with van der Waals surface area (Å²) in [5.74, 6) is -0.968. The molecule has 3 nitrogen and oxygen atoms in total. The summed E-state index contributed by atoms with van der Waals surface area (Å²) in [6, 6.07) is 11.0. The number of benzene rings is 2. The zero-order valence-electron chi connectivity index (χ0n) is 10.9. The highest BCUT2D eigenvalue weighted by molar-refractivity contribution is 6.30. The van der Waals surface area contributed by atoms with Crippen molar-refractivity contribution >= 4 is 23.2 Å². The normalized spacial score (nSPS) is 11.9. The fourth-order valence-corrected chi connectivity index (χ4v) is 1.90. The van der Waals surface area contributed by atoms with Gasteiger partial charge in [0, 0.05) is 11.3 Å². The second kappa shape index (κ2) is 5.92. The van der Waals surface area contributed by atoms with Crippen molar-refractivity contribution in [1.82, 2.24) is 5.32 Å². The molecule has 0 saturated heterocycles. The van der Waals surface area contributed by atoms with Crippen LogP contribution >= 0.6 is 11.6 Å². The van der Waals surface area contributed by atoms with Gasteiger partial charge in [0.2, 0.25) is 0 Å². The second-order valence-corrected chi connectivity index (χ2v) is 4.90. The molecule has 0 saturated carbocycles. The maximum Gasteiger partial charge on any atom is 0.251 e. The van der Waals surface area contributed by atoms with Gasteiger partial charge in [0.1, 0.15) is 5.82 Å². The first-order valence-corrected chi connectivity index (χ1v) is 6.46. The van der Waals surface area contributed by atoms with Gasteiger partial charge in [-0.15, -0.1) is 0 Å². The lowest BCUT2D eigenvalue weighted by Gasteiger charge is -2.14. The summed E-state index contributed by atoms with van der Waals surface area (Å²) < 4.78 is 13.3. The van der Waals surface area contributed by atoms with Crippen molar-refractivity contribution in [2.24, 2.45) is 0 Å². The monoisotopic (exact) mass is 292 g/mol. The largest absolute Gasteiger partial charge is 0.399 e. The Hall–Kier alpha value is -2.07. The van der Waals surface area contributed by atoms with Crippen LogP contribution in [0.1, 0.15) is 28.9 Å². The van der Waals surface area contributed by atoms with E-state index in [1.54, 1.807) is 12.1 Å². The number of halogens is 2. The molecule has 2 aromatic rings. The second-order valence-electron chi connectivity index (χ2n) is 4.49. The molecule has 20 heavy (non-hydrogen) atoms. The van der Waals surface area contributed by atoms with E-state index >= 15 is 0 Å². The van der Waals surface area contributed by atoms with Gasteiger partial charge in [0.15, 0.2) is 0 Å². The molecule has 0 aliphatic heterocycles. The Morgan fingerprint density at radius 3 is 2.50 bits per heavy atom. The highest BCUT2D eigenvalue weighted by atomic mass is 35.5. The van der Waals surface area contributed by atoms with E-state index in [1.165, 1.54) is 12.1 Å². The quantitative estimate of drug-likeness (QED) is 0.850. The molecule has 1 amide bonds. The van der Waals surface area contributed by atoms with Crippen LogP contribution in [0.3, 0.4) is 0 Å². The highest BCUT2D eigenvalue weighted by Crippen LogP contribution is 2.18. The number of rotatable bonds is 3. The van der Waals surface area contributed by atoms with E-state index in [4.69, 9.17) is 17.3 Å². The predicted octanol–water partition coefficient (Wildman–Crippen LogP) is 3.55. The number of amides is 1. The van der Waals surface area contributed by atoms with Gasteiger partial charge < -0.3 is 11.1 Å². The van der Waals surface area contributed by atoms with Gasteiger partial charge in [0.25, 0.3) is 5.91 Å². The van der Waals surface area contributed by atoms with E-state index in [1.807, 2.05) is 19.1 Å². The van der Waals surface area contributed by atoms with E-state index < -0.39 is 5.82 Å². The van der Waals surface area contributed by atoms with Crippen molar-refractivity contribution in [1.29, 1.82) is 0 Å². The molecule has 0 fully saturated rings. The average Bonchev–Trinajstić information content (AvgIpc) is 2.42. The number of carbonyl (C=O) groups is 1. The Balaban J connectivity index is 2.10. The van der Waals surface area contributed by atoms with E-state index in [9.17, 15) is 9.18 Å². The van der Waals surface area contributed by atoms with Crippen LogP contribution in [0.25, 0.3) is 0 Å². The van der Waals surface area contributed by atoms with Gasteiger partial charge in [-0.1, -0.05) is 23.7 Å². The molecular weight excluding hydrogens is 279 g/mol. The van der Waals surface area contributed by atoms with Gasteiger partial charge in [-0.05, 0) is 42.8 Å². The summed E-state index contributed by atoms with van der Waals surface area (Å²) in [5.41, 5.74) is 7.42. The highest BCUT2D eigenvalue weighted by Gasteiger charge is 2.13. The Morgan fingerprint density at radius 1 is 1.25 bits per heavy atom. The molecule has 2 rings (SSSR count). The maximum absolute atomic E-state index is 13.3. The molecule has 5 heteroatoms. The first kappa shape index (κ1) is 14.3. The number of nitrogen functional groups attached to an aromatic ring is 1. The van der Waals surface area contributed by atoms with Gasteiger partial charge in [-0.2, -0.15) is 0 Å². The van der Waals surface area contributed by atoms with Crippen LogP contribution in [0.4, 0.5) is 10.1 Å². The van der Waals surface area contributed by atoms with Crippen LogP contribution in [0.5, 0.6) is 0 Å². The van der Waals surface area contributed by atoms with Crippen LogP contribution in [0.2, 0.25) is 5.02 Å². The Bertz CT molecular complexity index is 628. The Morgan fingerprint density at radius 2 is 1.90 bits per heavy atom. The third-order valence-electron chi connectivity index (χ3n) is 2.97. The first-order valence-electron chi connectivity index (χ1n) is 6.08. The molecule has 0 spiro atoms. The van der Waals surface area contributed by atoms with Gasteiger partial charge in [0.05, 0.1) is 11.1 Å². The van der Waals surface area contributed by atoms with Crippen molar-refractivity contribution < 1.29 is 9.18 Å². The summed E-state index contributed by atoms with van der Waals surface area (Å²) >= 11 is 5.58. The SMILES string of the molecule is CC(NC(=O)c1ccc(Cl)c(F)c1)c1ccc(N)cc1. The van der Waals surface area contributed by atoms with Crippen molar-refractivity contribution in [2.75, 3.05) is 5.73 Å². The molecule has 3 N–H and O–H groups in total. The van der Waals surface area contributed by atoms with Crippen LogP contribution in [-0.2, 0) is 0 Å². The van der Waals surface area contributed by atoms with Gasteiger partial charge in [-0.25, -0.2) is 4.39 Å². The van der Waals surface area contributed by atoms with Crippen molar-refractivity contribution in [3.05, 3.63) is 64.4 Å². The lowest BCUT2D eigenvalue weighted by atomic mass is 10.1. The smallest absolute Gasteiger partial charge is 0.251 e. The maximum atomic E-state index is 13.3. The number of hydrogen-bond donors (Lipinski definition) is 2. The molecule has 1 unspecified atom stereocenters. The summed E-state index contributed by atoms with van der Waals surface area (Å²) in [6.45, 7) is 1.84. The zero-order valence-corrected chi connectivity index (χ0v) is 11.6. The minimum Gasteiger partial charge on any atom is -0.399 e. The summed E-state index contributed by atoms with van der Waals surface area (Å²) in [5, 5.41) is 2.78. The molecule has 0 bridgehead atoms. The fraction of sp³-hybridized carbons (Fsp3) is 0.133. The average molecular weight is 293 g/mol. The van der Waals surface area contributed by atoms with E-state index in [2.05, 4.69) is 5.32 Å². The minimum absolute atomic E-state index is 0.00636. The van der Waals surface area contributed by atoms with Crippen molar-refractivity contribution in [3.63, 3.8) is 0 Å². The molecule has 1 atom stereocenters. The van der Waals surface area contributed by atoms with Crippen LogP contribution < -0.4 is 11.1 Å².